The van der Waals surface area contributed by atoms with Crippen molar-refractivity contribution in [3.63, 3.8) is 0 Å². The summed E-state index contributed by atoms with van der Waals surface area (Å²) in [4.78, 5) is 10.7. The molecule has 9 heteroatoms. The highest BCUT2D eigenvalue weighted by atomic mass is 16.6. The van der Waals surface area contributed by atoms with E-state index in [0.29, 0.717) is 0 Å². The Balaban J connectivity index is 0.000000211. The second-order valence-corrected chi connectivity index (χ2v) is 4.25. The SMILES string of the molecule is CC(=O)Nc1nnc(-c2nonc2N)o1.Cc1ccccc1. The number of carbonyl (C=O) groups is 1. The molecule has 114 valence electrons. The molecule has 0 fully saturated rings. The third-order valence-electron chi connectivity index (χ3n) is 2.36. The molecule has 0 bridgehead atoms. The van der Waals surface area contributed by atoms with Crippen molar-refractivity contribution in [2.45, 2.75) is 13.8 Å². The Bertz CT molecular complexity index is 737. The van der Waals surface area contributed by atoms with Gasteiger partial charge < -0.3 is 10.2 Å². The molecule has 0 aliphatic heterocycles. The summed E-state index contributed by atoms with van der Waals surface area (Å²) in [5.41, 5.74) is 6.86. The van der Waals surface area contributed by atoms with E-state index in [1.807, 2.05) is 18.2 Å². The van der Waals surface area contributed by atoms with Gasteiger partial charge in [0.15, 0.2) is 0 Å². The lowest BCUT2D eigenvalue weighted by Gasteiger charge is -1.90. The first kappa shape index (κ1) is 15.2. The molecule has 1 aromatic carbocycles. The molecule has 3 aromatic rings. The van der Waals surface area contributed by atoms with Crippen molar-refractivity contribution in [1.29, 1.82) is 0 Å². The predicted molar refractivity (Wildman–Crippen MR) is 77.5 cm³/mol. The largest absolute Gasteiger partial charge is 0.401 e. The zero-order valence-corrected chi connectivity index (χ0v) is 12.0. The summed E-state index contributed by atoms with van der Waals surface area (Å²) in [6, 6.07) is 10.2. The number of amides is 1. The van der Waals surface area contributed by atoms with Crippen molar-refractivity contribution >= 4 is 17.7 Å². The lowest BCUT2D eigenvalue weighted by Crippen LogP contribution is -2.05. The highest BCUT2D eigenvalue weighted by Crippen LogP contribution is 2.21. The van der Waals surface area contributed by atoms with E-state index in [9.17, 15) is 4.79 Å². The zero-order chi connectivity index (χ0) is 15.9. The molecule has 0 aliphatic rings. The van der Waals surface area contributed by atoms with E-state index in [2.05, 4.69) is 49.5 Å². The van der Waals surface area contributed by atoms with E-state index in [4.69, 9.17) is 10.2 Å². The van der Waals surface area contributed by atoms with Crippen molar-refractivity contribution in [3.8, 4) is 11.6 Å². The van der Waals surface area contributed by atoms with Gasteiger partial charge in [-0.3, -0.25) is 10.1 Å². The molecule has 0 atom stereocenters. The molecule has 0 saturated carbocycles. The maximum Gasteiger partial charge on any atom is 0.322 e. The number of nitrogen functional groups attached to an aromatic ring is 1. The van der Waals surface area contributed by atoms with Crippen LogP contribution in [0.2, 0.25) is 0 Å². The average molecular weight is 302 g/mol. The summed E-state index contributed by atoms with van der Waals surface area (Å²) in [6.07, 6.45) is 0. The smallest absolute Gasteiger partial charge is 0.322 e. The molecular formula is C13H14N6O3. The maximum atomic E-state index is 10.7. The molecule has 3 rings (SSSR count). The van der Waals surface area contributed by atoms with Gasteiger partial charge in [0.05, 0.1) is 0 Å². The minimum absolute atomic E-state index is 0.0255. The molecular weight excluding hydrogens is 288 g/mol. The van der Waals surface area contributed by atoms with E-state index < -0.39 is 0 Å². The number of aryl methyl sites for hydroxylation is 1. The third-order valence-corrected chi connectivity index (χ3v) is 2.36. The Morgan fingerprint density at radius 1 is 1.18 bits per heavy atom. The number of nitrogens with two attached hydrogens (primary N) is 1. The van der Waals surface area contributed by atoms with Gasteiger partial charge >= 0.3 is 6.01 Å². The molecule has 2 heterocycles. The summed E-state index contributed by atoms with van der Waals surface area (Å²) in [7, 11) is 0. The van der Waals surface area contributed by atoms with Crippen LogP contribution in [0, 0.1) is 6.92 Å². The molecule has 0 aliphatic carbocycles. The highest BCUT2D eigenvalue weighted by Gasteiger charge is 2.16. The van der Waals surface area contributed by atoms with Gasteiger partial charge in [0.25, 0.3) is 5.89 Å². The average Bonchev–Trinajstić information content (AvgIpc) is 3.08. The summed E-state index contributed by atoms with van der Waals surface area (Å²) in [6.45, 7) is 3.40. The molecule has 9 nitrogen and oxygen atoms in total. The van der Waals surface area contributed by atoms with Crippen LogP contribution in [0.1, 0.15) is 12.5 Å². The molecule has 0 spiro atoms. The van der Waals surface area contributed by atoms with Crippen LogP contribution in [0.25, 0.3) is 11.6 Å². The van der Waals surface area contributed by atoms with Crippen molar-refractivity contribution in [2.75, 3.05) is 11.1 Å². The van der Waals surface area contributed by atoms with Crippen LogP contribution in [0.5, 0.6) is 0 Å². The highest BCUT2D eigenvalue weighted by molar-refractivity contribution is 5.86. The van der Waals surface area contributed by atoms with Gasteiger partial charge in [-0.1, -0.05) is 41.0 Å². The van der Waals surface area contributed by atoms with Crippen LogP contribution in [0.15, 0.2) is 39.4 Å². The number of hydrogen-bond acceptors (Lipinski definition) is 8. The second-order valence-electron chi connectivity index (χ2n) is 4.25. The van der Waals surface area contributed by atoms with Crippen LogP contribution in [0.4, 0.5) is 11.8 Å². The number of anilines is 2. The van der Waals surface area contributed by atoms with E-state index >= 15 is 0 Å². The van der Waals surface area contributed by atoms with Gasteiger partial charge in [0, 0.05) is 6.92 Å². The molecule has 22 heavy (non-hydrogen) atoms. The molecule has 2 aromatic heterocycles. The number of benzene rings is 1. The van der Waals surface area contributed by atoms with Crippen molar-refractivity contribution in [2.24, 2.45) is 0 Å². The number of nitrogens with one attached hydrogen (secondary N) is 1. The van der Waals surface area contributed by atoms with Gasteiger partial charge in [-0.15, -0.1) is 5.10 Å². The number of rotatable bonds is 2. The molecule has 1 amide bonds. The Morgan fingerprint density at radius 2 is 1.91 bits per heavy atom. The zero-order valence-electron chi connectivity index (χ0n) is 12.0. The summed E-state index contributed by atoms with van der Waals surface area (Å²) < 4.78 is 9.37. The van der Waals surface area contributed by atoms with E-state index in [1.165, 1.54) is 12.5 Å². The van der Waals surface area contributed by atoms with Gasteiger partial charge in [-0.05, 0) is 17.2 Å². The van der Waals surface area contributed by atoms with E-state index in [0.717, 1.165) is 0 Å². The molecule has 3 N–H and O–H groups in total. The standard InChI is InChI=1S/C7H8.C6H6N6O3/c1-7-5-3-2-4-6-7;1-2(13)8-6-10-9-5(14-6)3-4(7)12-15-11-3/h2-6H,1H3;1H3,(H2,7,12)(H,8,10,13). The first-order valence-corrected chi connectivity index (χ1v) is 6.27. The quantitative estimate of drug-likeness (QED) is 0.730. The normalized spacial score (nSPS) is 9.73. The molecule has 0 saturated heterocycles. The number of hydrogen-bond donors (Lipinski definition) is 2. The Morgan fingerprint density at radius 3 is 2.41 bits per heavy atom. The van der Waals surface area contributed by atoms with E-state index in [1.54, 1.807) is 0 Å². The molecule has 0 unspecified atom stereocenters. The van der Waals surface area contributed by atoms with Crippen LogP contribution in [-0.4, -0.2) is 26.4 Å². The van der Waals surface area contributed by atoms with Crippen LogP contribution in [0.3, 0.4) is 0 Å². The van der Waals surface area contributed by atoms with Gasteiger partial charge in [-0.25, -0.2) is 4.63 Å². The van der Waals surface area contributed by atoms with Crippen LogP contribution < -0.4 is 11.1 Å². The first-order valence-electron chi connectivity index (χ1n) is 6.27. The summed E-state index contributed by atoms with van der Waals surface area (Å²) in [5.74, 6) is -0.262. The van der Waals surface area contributed by atoms with Crippen LogP contribution >= 0.6 is 0 Å². The summed E-state index contributed by atoms with van der Waals surface area (Å²) >= 11 is 0. The fraction of sp³-hybridized carbons (Fsp3) is 0.154. The fourth-order valence-corrected chi connectivity index (χ4v) is 1.40. The Hall–Kier alpha value is -3.23. The van der Waals surface area contributed by atoms with Crippen molar-refractivity contribution in [3.05, 3.63) is 35.9 Å². The molecule has 0 radical (unpaired) electrons. The van der Waals surface area contributed by atoms with Gasteiger partial charge in [0.1, 0.15) is 0 Å². The van der Waals surface area contributed by atoms with Gasteiger partial charge in [0.2, 0.25) is 17.4 Å². The summed E-state index contributed by atoms with van der Waals surface area (Å²) in [5, 5.41) is 16.2. The maximum absolute atomic E-state index is 10.7. The minimum Gasteiger partial charge on any atom is -0.401 e. The first-order chi connectivity index (χ1) is 10.6. The Labute approximate surface area is 125 Å². The third kappa shape index (κ3) is 4.13. The fourth-order valence-electron chi connectivity index (χ4n) is 1.40. The van der Waals surface area contributed by atoms with Crippen molar-refractivity contribution in [1.82, 2.24) is 20.5 Å². The van der Waals surface area contributed by atoms with Gasteiger partial charge in [-0.2, -0.15) is 0 Å². The predicted octanol–water partition coefficient (Wildman–Crippen LogP) is 1.66. The monoisotopic (exact) mass is 302 g/mol. The van der Waals surface area contributed by atoms with E-state index in [-0.39, 0.29) is 29.3 Å². The Kier molecular flexibility index (Phi) is 4.81. The number of carbonyl (C=O) groups excluding carboxylic acids is 1. The lowest BCUT2D eigenvalue weighted by molar-refractivity contribution is -0.114. The van der Waals surface area contributed by atoms with Crippen molar-refractivity contribution < 1.29 is 13.8 Å². The topological polar surface area (TPSA) is 133 Å². The lowest BCUT2D eigenvalue weighted by atomic mass is 10.2. The minimum atomic E-state index is -0.323. The second kappa shape index (κ2) is 6.97. The number of nitrogens with zero attached hydrogens (tertiary/aromatic N) is 4. The van der Waals surface area contributed by atoms with Crippen LogP contribution in [-0.2, 0) is 4.79 Å². The number of aromatic nitrogens is 4.